The summed E-state index contributed by atoms with van der Waals surface area (Å²) in [6, 6.07) is 0.0727. The summed E-state index contributed by atoms with van der Waals surface area (Å²) in [7, 11) is 0. The minimum absolute atomic E-state index is 0.0727. The van der Waals surface area contributed by atoms with Crippen LogP contribution in [0.5, 0.6) is 0 Å². The fourth-order valence-corrected chi connectivity index (χ4v) is 1.46. The average molecular weight is 226 g/mol. The lowest BCUT2D eigenvalue weighted by atomic mass is 10.2. The van der Waals surface area contributed by atoms with E-state index in [1.54, 1.807) is 11.8 Å². The van der Waals surface area contributed by atoms with Crippen LogP contribution in [-0.2, 0) is 0 Å². The summed E-state index contributed by atoms with van der Waals surface area (Å²) >= 11 is 0. The number of aromatic nitrogens is 1. The van der Waals surface area contributed by atoms with Crippen molar-refractivity contribution in [2.45, 2.75) is 33.2 Å². The molecule has 0 saturated carbocycles. The lowest BCUT2D eigenvalue weighted by Gasteiger charge is -2.25. The number of aryl methyl sites for hydroxylation is 1. The zero-order valence-electron chi connectivity index (χ0n) is 9.93. The lowest BCUT2D eigenvalue weighted by Crippen LogP contribution is -2.38. The monoisotopic (exact) mass is 226 g/mol. The molecule has 0 aliphatic carbocycles. The van der Waals surface area contributed by atoms with Crippen molar-refractivity contribution in [2.75, 3.05) is 13.2 Å². The van der Waals surface area contributed by atoms with Crippen molar-refractivity contribution in [3.05, 3.63) is 17.5 Å². The Morgan fingerprint density at radius 3 is 2.75 bits per heavy atom. The lowest BCUT2D eigenvalue weighted by molar-refractivity contribution is 0.0649. The van der Waals surface area contributed by atoms with Crippen molar-refractivity contribution in [1.29, 1.82) is 0 Å². The van der Waals surface area contributed by atoms with Gasteiger partial charge in [0.05, 0.1) is 6.20 Å². The zero-order valence-corrected chi connectivity index (χ0v) is 9.93. The van der Waals surface area contributed by atoms with Crippen molar-refractivity contribution in [3.63, 3.8) is 0 Å². The quantitative estimate of drug-likeness (QED) is 0.819. The molecular formula is C11H18N2O3. The molecule has 1 aromatic rings. The van der Waals surface area contributed by atoms with Gasteiger partial charge in [0.15, 0.2) is 0 Å². The van der Waals surface area contributed by atoms with Gasteiger partial charge >= 0.3 is 0 Å². The van der Waals surface area contributed by atoms with E-state index in [9.17, 15) is 4.79 Å². The molecule has 0 atom stereocenters. The van der Waals surface area contributed by atoms with Gasteiger partial charge in [-0.15, -0.1) is 0 Å². The molecule has 0 aromatic carbocycles. The van der Waals surface area contributed by atoms with E-state index >= 15 is 0 Å². The van der Waals surface area contributed by atoms with Gasteiger partial charge in [-0.2, -0.15) is 0 Å². The first-order valence-electron chi connectivity index (χ1n) is 5.41. The smallest absolute Gasteiger partial charge is 0.292 e. The standard InChI is InChI=1S/C11H18N2O3/c1-8(2)13(5-4-6-14)11(15)10-9(3)7-12-16-10/h7-8,14H,4-6H2,1-3H3. The molecule has 0 saturated heterocycles. The molecule has 1 aromatic heterocycles. The number of carbonyl (C=O) groups excluding carboxylic acids is 1. The van der Waals surface area contributed by atoms with E-state index in [1.165, 1.54) is 6.20 Å². The summed E-state index contributed by atoms with van der Waals surface area (Å²) in [5.74, 6) is 0.116. The van der Waals surface area contributed by atoms with Gasteiger partial charge in [-0.05, 0) is 27.2 Å². The van der Waals surface area contributed by atoms with Crippen LogP contribution in [0.15, 0.2) is 10.7 Å². The third-order valence-corrected chi connectivity index (χ3v) is 2.38. The van der Waals surface area contributed by atoms with Gasteiger partial charge in [0, 0.05) is 24.8 Å². The third-order valence-electron chi connectivity index (χ3n) is 2.38. The van der Waals surface area contributed by atoms with E-state index in [1.807, 2.05) is 13.8 Å². The van der Waals surface area contributed by atoms with Crippen LogP contribution in [0.25, 0.3) is 0 Å². The predicted octanol–water partition coefficient (Wildman–Crippen LogP) is 1.22. The van der Waals surface area contributed by atoms with Crippen molar-refractivity contribution in [2.24, 2.45) is 0 Å². The molecule has 16 heavy (non-hydrogen) atoms. The highest BCUT2D eigenvalue weighted by Crippen LogP contribution is 2.12. The second-order valence-corrected chi connectivity index (χ2v) is 4.01. The van der Waals surface area contributed by atoms with Crippen molar-refractivity contribution in [3.8, 4) is 0 Å². The largest absolute Gasteiger partial charge is 0.396 e. The second-order valence-electron chi connectivity index (χ2n) is 4.01. The SMILES string of the molecule is Cc1cnoc1C(=O)N(CCCO)C(C)C. The van der Waals surface area contributed by atoms with Gasteiger partial charge in [-0.3, -0.25) is 4.79 Å². The molecule has 90 valence electrons. The number of rotatable bonds is 5. The summed E-state index contributed by atoms with van der Waals surface area (Å²) in [6.07, 6.45) is 2.09. The molecule has 0 aliphatic rings. The van der Waals surface area contributed by atoms with E-state index < -0.39 is 0 Å². The summed E-state index contributed by atoms with van der Waals surface area (Å²) in [4.78, 5) is 13.8. The first-order chi connectivity index (χ1) is 7.57. The van der Waals surface area contributed by atoms with Gasteiger partial charge in [0.1, 0.15) is 0 Å². The molecule has 0 unspecified atom stereocenters. The Hall–Kier alpha value is -1.36. The van der Waals surface area contributed by atoms with E-state index in [2.05, 4.69) is 5.16 Å². The van der Waals surface area contributed by atoms with Gasteiger partial charge in [-0.1, -0.05) is 5.16 Å². The summed E-state index contributed by atoms with van der Waals surface area (Å²) in [6.45, 7) is 6.25. The van der Waals surface area contributed by atoms with Crippen molar-refractivity contribution >= 4 is 5.91 Å². The number of carbonyl (C=O) groups is 1. The molecule has 0 bridgehead atoms. The van der Waals surface area contributed by atoms with Crippen LogP contribution in [-0.4, -0.2) is 40.3 Å². The predicted molar refractivity (Wildman–Crippen MR) is 59.1 cm³/mol. The van der Waals surface area contributed by atoms with Gasteiger partial charge < -0.3 is 14.5 Å². The molecule has 1 N–H and O–H groups in total. The highest BCUT2D eigenvalue weighted by molar-refractivity contribution is 5.92. The summed E-state index contributed by atoms with van der Waals surface area (Å²) in [5.41, 5.74) is 0.736. The van der Waals surface area contributed by atoms with Crippen LogP contribution in [0, 0.1) is 6.92 Å². The first kappa shape index (κ1) is 12.7. The minimum atomic E-state index is -0.168. The fourth-order valence-electron chi connectivity index (χ4n) is 1.46. The van der Waals surface area contributed by atoms with Crippen LogP contribution in [0.4, 0.5) is 0 Å². The van der Waals surface area contributed by atoms with Crippen molar-refractivity contribution in [1.82, 2.24) is 10.1 Å². The maximum atomic E-state index is 12.1. The summed E-state index contributed by atoms with van der Waals surface area (Å²) in [5, 5.41) is 12.4. The van der Waals surface area contributed by atoms with Gasteiger partial charge in [0.25, 0.3) is 5.91 Å². The number of hydrogen-bond donors (Lipinski definition) is 1. The first-order valence-corrected chi connectivity index (χ1v) is 5.41. The van der Waals surface area contributed by atoms with Crippen molar-refractivity contribution < 1.29 is 14.4 Å². The molecule has 5 nitrogen and oxygen atoms in total. The molecule has 1 rings (SSSR count). The van der Waals surface area contributed by atoms with E-state index in [0.29, 0.717) is 13.0 Å². The van der Waals surface area contributed by atoms with Crippen LogP contribution < -0.4 is 0 Å². The Kier molecular flexibility index (Phi) is 4.49. The third kappa shape index (κ3) is 2.82. The number of aliphatic hydroxyl groups excluding tert-OH is 1. The Morgan fingerprint density at radius 1 is 1.62 bits per heavy atom. The number of nitrogens with zero attached hydrogens (tertiary/aromatic N) is 2. The Labute approximate surface area is 95.0 Å². The zero-order chi connectivity index (χ0) is 12.1. The Balaban J connectivity index is 2.79. The second kappa shape index (κ2) is 5.65. The highest BCUT2D eigenvalue weighted by atomic mass is 16.5. The number of hydrogen-bond acceptors (Lipinski definition) is 4. The maximum absolute atomic E-state index is 12.1. The molecule has 1 heterocycles. The molecular weight excluding hydrogens is 208 g/mol. The van der Waals surface area contributed by atoms with Crippen LogP contribution in [0.1, 0.15) is 36.4 Å². The van der Waals surface area contributed by atoms with E-state index in [-0.39, 0.29) is 24.3 Å². The fraction of sp³-hybridized carbons (Fsp3) is 0.636. The van der Waals surface area contributed by atoms with E-state index in [0.717, 1.165) is 5.56 Å². The molecule has 0 fully saturated rings. The number of amides is 1. The molecule has 1 amide bonds. The van der Waals surface area contributed by atoms with Gasteiger partial charge in [0.2, 0.25) is 5.76 Å². The number of aliphatic hydroxyl groups is 1. The normalized spacial score (nSPS) is 10.8. The molecule has 5 heteroatoms. The highest BCUT2D eigenvalue weighted by Gasteiger charge is 2.23. The van der Waals surface area contributed by atoms with Crippen LogP contribution in [0.3, 0.4) is 0 Å². The Morgan fingerprint density at radius 2 is 2.31 bits per heavy atom. The topological polar surface area (TPSA) is 66.6 Å². The van der Waals surface area contributed by atoms with Gasteiger partial charge in [-0.25, -0.2) is 0 Å². The minimum Gasteiger partial charge on any atom is -0.396 e. The maximum Gasteiger partial charge on any atom is 0.292 e. The van der Waals surface area contributed by atoms with Crippen LogP contribution >= 0.6 is 0 Å². The molecule has 0 radical (unpaired) electrons. The molecule has 0 spiro atoms. The molecule has 0 aliphatic heterocycles. The van der Waals surface area contributed by atoms with Crippen LogP contribution in [0.2, 0.25) is 0 Å². The van der Waals surface area contributed by atoms with E-state index in [4.69, 9.17) is 9.63 Å². The summed E-state index contributed by atoms with van der Waals surface area (Å²) < 4.78 is 4.93. The average Bonchev–Trinajstić information content (AvgIpc) is 2.64. The Bertz CT molecular complexity index is 347.